The van der Waals surface area contributed by atoms with Gasteiger partial charge in [0.15, 0.2) is 0 Å². The van der Waals surface area contributed by atoms with Crippen molar-refractivity contribution in [2.24, 2.45) is 0 Å². The summed E-state index contributed by atoms with van der Waals surface area (Å²) in [4.78, 5) is 27.1. The highest BCUT2D eigenvalue weighted by molar-refractivity contribution is 5.96. The summed E-state index contributed by atoms with van der Waals surface area (Å²) in [6.45, 7) is 8.71. The van der Waals surface area contributed by atoms with Crippen molar-refractivity contribution in [2.75, 3.05) is 23.3 Å². The minimum atomic E-state index is -0.324. The molecule has 28 heavy (non-hydrogen) atoms. The van der Waals surface area contributed by atoms with Gasteiger partial charge in [-0.25, -0.2) is 0 Å². The third-order valence-electron chi connectivity index (χ3n) is 5.41. The minimum absolute atomic E-state index is 0.0362. The quantitative estimate of drug-likeness (QED) is 0.836. The molecule has 0 saturated heterocycles. The normalized spacial score (nSPS) is 14.2. The number of hydrogen-bond donors (Lipinski definition) is 2. The molecule has 2 amide bonds. The molecule has 1 unspecified atom stereocenters. The van der Waals surface area contributed by atoms with Crippen LogP contribution >= 0.6 is 0 Å². The van der Waals surface area contributed by atoms with Gasteiger partial charge in [0, 0.05) is 17.9 Å². The lowest BCUT2D eigenvalue weighted by Gasteiger charge is -2.35. The fraction of sp³-hybridized carbons (Fsp3) is 0.391. The van der Waals surface area contributed by atoms with Crippen molar-refractivity contribution in [1.29, 1.82) is 0 Å². The number of nitrogens with zero attached hydrogens (tertiary/aromatic N) is 1. The third kappa shape index (κ3) is 4.35. The molecule has 2 aromatic rings. The number of carbonyl (C=O) groups excluding carboxylic acids is 2. The fourth-order valence-corrected chi connectivity index (χ4v) is 3.81. The summed E-state index contributed by atoms with van der Waals surface area (Å²) in [5, 5.41) is 5.70. The lowest BCUT2D eigenvalue weighted by atomic mass is 9.98. The molecule has 0 aromatic heterocycles. The zero-order chi connectivity index (χ0) is 20.3. The third-order valence-corrected chi connectivity index (χ3v) is 5.41. The molecule has 0 saturated carbocycles. The molecular formula is C23H29N3O2. The van der Waals surface area contributed by atoms with Crippen LogP contribution in [0, 0.1) is 20.8 Å². The van der Waals surface area contributed by atoms with E-state index in [1.165, 1.54) is 11.1 Å². The van der Waals surface area contributed by atoms with Gasteiger partial charge in [-0.3, -0.25) is 9.59 Å². The van der Waals surface area contributed by atoms with E-state index in [9.17, 15) is 9.59 Å². The molecule has 0 spiro atoms. The van der Waals surface area contributed by atoms with Gasteiger partial charge in [-0.05, 0) is 63.3 Å². The van der Waals surface area contributed by atoms with Crippen molar-refractivity contribution in [3.05, 3.63) is 58.7 Å². The Bertz CT molecular complexity index is 871. The lowest BCUT2D eigenvalue weighted by Crippen LogP contribution is -2.48. The van der Waals surface area contributed by atoms with Gasteiger partial charge < -0.3 is 15.5 Å². The highest BCUT2D eigenvalue weighted by atomic mass is 16.2. The van der Waals surface area contributed by atoms with Crippen molar-refractivity contribution in [2.45, 2.75) is 46.6 Å². The molecule has 1 aliphatic rings. The Morgan fingerprint density at radius 2 is 1.82 bits per heavy atom. The first-order valence-electron chi connectivity index (χ1n) is 9.87. The fourth-order valence-electron chi connectivity index (χ4n) is 3.81. The minimum Gasteiger partial charge on any atom is -0.360 e. The summed E-state index contributed by atoms with van der Waals surface area (Å²) in [7, 11) is 0. The lowest BCUT2D eigenvalue weighted by molar-refractivity contribution is -0.124. The molecule has 2 N–H and O–H groups in total. The van der Waals surface area contributed by atoms with Gasteiger partial charge in [-0.2, -0.15) is 0 Å². The largest absolute Gasteiger partial charge is 0.360 e. The van der Waals surface area contributed by atoms with Crippen LogP contribution in [-0.4, -0.2) is 30.9 Å². The van der Waals surface area contributed by atoms with Crippen LogP contribution in [0.15, 0.2) is 36.4 Å². The number of anilines is 2. The van der Waals surface area contributed by atoms with Crippen LogP contribution in [0.2, 0.25) is 0 Å². The highest BCUT2D eigenvalue weighted by Gasteiger charge is 2.26. The van der Waals surface area contributed by atoms with Crippen LogP contribution in [-0.2, 0) is 16.0 Å². The van der Waals surface area contributed by atoms with Gasteiger partial charge in [0.1, 0.15) is 6.04 Å². The molecule has 148 valence electrons. The summed E-state index contributed by atoms with van der Waals surface area (Å²) in [6.07, 6.45) is 2.07. The SMILES string of the molecule is Cc1ccc2c(c1)CCCN2C(C)C(=O)NCC(=O)Nc1c(C)cccc1C. The number of carbonyl (C=O) groups is 2. The average Bonchev–Trinajstić information content (AvgIpc) is 2.67. The van der Waals surface area contributed by atoms with Crippen molar-refractivity contribution in [3.8, 4) is 0 Å². The van der Waals surface area contributed by atoms with Crippen LogP contribution in [0.25, 0.3) is 0 Å². The van der Waals surface area contributed by atoms with Crippen molar-refractivity contribution < 1.29 is 9.59 Å². The van der Waals surface area contributed by atoms with E-state index < -0.39 is 0 Å². The molecule has 0 fully saturated rings. The number of rotatable bonds is 5. The average molecular weight is 380 g/mol. The number of hydrogen-bond acceptors (Lipinski definition) is 3. The standard InChI is InChI=1S/C23H29N3O2/c1-15-10-11-20-19(13-15)9-6-12-26(20)18(4)23(28)24-14-21(27)25-22-16(2)7-5-8-17(22)3/h5,7-8,10-11,13,18H,6,9,12,14H2,1-4H3,(H,24,28)(H,25,27). The number of aryl methyl sites for hydroxylation is 4. The molecule has 1 heterocycles. The van der Waals surface area contributed by atoms with E-state index in [1.807, 2.05) is 39.0 Å². The maximum Gasteiger partial charge on any atom is 0.243 e. The van der Waals surface area contributed by atoms with Crippen molar-refractivity contribution in [3.63, 3.8) is 0 Å². The Hall–Kier alpha value is -2.82. The zero-order valence-electron chi connectivity index (χ0n) is 17.1. The molecular weight excluding hydrogens is 350 g/mol. The summed E-state index contributed by atoms with van der Waals surface area (Å²) in [5.74, 6) is -0.349. The van der Waals surface area contributed by atoms with E-state index in [4.69, 9.17) is 0 Å². The maximum absolute atomic E-state index is 12.7. The van der Waals surface area contributed by atoms with Crippen LogP contribution in [0.4, 0.5) is 11.4 Å². The zero-order valence-corrected chi connectivity index (χ0v) is 17.1. The second-order valence-electron chi connectivity index (χ2n) is 7.64. The van der Waals surface area contributed by atoms with E-state index in [-0.39, 0.29) is 24.4 Å². The predicted octanol–water partition coefficient (Wildman–Crippen LogP) is 3.51. The van der Waals surface area contributed by atoms with E-state index in [2.05, 4.69) is 40.7 Å². The maximum atomic E-state index is 12.7. The molecule has 1 atom stereocenters. The Morgan fingerprint density at radius 1 is 1.11 bits per heavy atom. The summed E-state index contributed by atoms with van der Waals surface area (Å²) in [6, 6.07) is 11.9. The molecule has 2 aromatic carbocycles. The number of fused-ring (bicyclic) bond motifs is 1. The van der Waals surface area contributed by atoms with Crippen LogP contribution < -0.4 is 15.5 Å². The predicted molar refractivity (Wildman–Crippen MR) is 114 cm³/mol. The van der Waals surface area contributed by atoms with Crippen molar-refractivity contribution in [1.82, 2.24) is 5.32 Å². The van der Waals surface area contributed by atoms with Crippen LogP contribution in [0.3, 0.4) is 0 Å². The molecule has 1 aliphatic heterocycles. The second-order valence-corrected chi connectivity index (χ2v) is 7.64. The number of nitrogens with one attached hydrogen (secondary N) is 2. The highest BCUT2D eigenvalue weighted by Crippen LogP contribution is 2.29. The van der Waals surface area contributed by atoms with Crippen LogP contribution in [0.1, 0.15) is 35.6 Å². The molecule has 0 aliphatic carbocycles. The van der Waals surface area contributed by atoms with Gasteiger partial charge in [0.25, 0.3) is 0 Å². The van der Waals surface area contributed by atoms with Gasteiger partial charge in [-0.15, -0.1) is 0 Å². The van der Waals surface area contributed by atoms with E-state index in [1.54, 1.807) is 0 Å². The van der Waals surface area contributed by atoms with Crippen LogP contribution in [0.5, 0.6) is 0 Å². The second kappa shape index (κ2) is 8.46. The van der Waals surface area contributed by atoms with Gasteiger partial charge >= 0.3 is 0 Å². The van der Waals surface area contributed by atoms with Crippen molar-refractivity contribution >= 4 is 23.2 Å². The molecule has 0 radical (unpaired) electrons. The Morgan fingerprint density at radius 3 is 2.54 bits per heavy atom. The first-order chi connectivity index (χ1) is 13.4. The Kier molecular flexibility index (Phi) is 6.02. The molecule has 5 nitrogen and oxygen atoms in total. The Labute approximate surface area is 167 Å². The molecule has 3 rings (SSSR count). The Balaban J connectivity index is 1.60. The smallest absolute Gasteiger partial charge is 0.243 e. The summed E-state index contributed by atoms with van der Waals surface area (Å²) in [5.41, 5.74) is 6.48. The molecule has 5 heteroatoms. The number of amides is 2. The van der Waals surface area contributed by atoms with Gasteiger partial charge in [0.2, 0.25) is 11.8 Å². The first-order valence-corrected chi connectivity index (χ1v) is 9.87. The van der Waals surface area contributed by atoms with E-state index in [0.29, 0.717) is 0 Å². The number of benzene rings is 2. The monoisotopic (exact) mass is 379 g/mol. The topological polar surface area (TPSA) is 61.4 Å². The first kappa shape index (κ1) is 19.9. The number of para-hydroxylation sites is 1. The van der Waals surface area contributed by atoms with Gasteiger partial charge in [0.05, 0.1) is 6.54 Å². The van der Waals surface area contributed by atoms with Gasteiger partial charge in [-0.1, -0.05) is 35.9 Å². The van der Waals surface area contributed by atoms with E-state index >= 15 is 0 Å². The summed E-state index contributed by atoms with van der Waals surface area (Å²) < 4.78 is 0. The molecule has 0 bridgehead atoms. The summed E-state index contributed by atoms with van der Waals surface area (Å²) >= 11 is 0. The van der Waals surface area contributed by atoms with E-state index in [0.717, 1.165) is 41.9 Å².